The second-order valence-electron chi connectivity index (χ2n) is 5.65. The summed E-state index contributed by atoms with van der Waals surface area (Å²) >= 11 is 0. The number of rotatable bonds is 4. The van der Waals surface area contributed by atoms with Gasteiger partial charge in [-0.25, -0.2) is 0 Å². The molecule has 0 aromatic rings. The molecule has 2 heteroatoms. The predicted octanol–water partition coefficient (Wildman–Crippen LogP) is 2.86. The molecule has 0 amide bonds. The molecule has 1 saturated carbocycles. The third kappa shape index (κ3) is 3.18. The number of ether oxygens (including phenoxy) is 2. The van der Waals surface area contributed by atoms with Gasteiger partial charge in [0.15, 0.2) is 0 Å². The van der Waals surface area contributed by atoms with Gasteiger partial charge in [0.25, 0.3) is 0 Å². The molecule has 0 bridgehead atoms. The summed E-state index contributed by atoms with van der Waals surface area (Å²) in [5, 5.41) is 0. The highest BCUT2D eigenvalue weighted by Gasteiger charge is 2.33. The second kappa shape index (κ2) is 4.84. The van der Waals surface area contributed by atoms with E-state index in [0.29, 0.717) is 12.2 Å². The Hall–Kier alpha value is -0.0800. The van der Waals surface area contributed by atoms with Crippen LogP contribution in [0.2, 0.25) is 0 Å². The van der Waals surface area contributed by atoms with E-state index in [4.69, 9.17) is 9.47 Å². The molecule has 15 heavy (non-hydrogen) atoms. The summed E-state index contributed by atoms with van der Waals surface area (Å²) < 4.78 is 11.2. The zero-order valence-corrected chi connectivity index (χ0v) is 10.2. The van der Waals surface area contributed by atoms with E-state index in [9.17, 15) is 0 Å². The van der Waals surface area contributed by atoms with Gasteiger partial charge in [0.2, 0.25) is 0 Å². The Morgan fingerprint density at radius 1 is 1.33 bits per heavy atom. The third-order valence-corrected chi connectivity index (χ3v) is 3.86. The lowest BCUT2D eigenvalue weighted by Crippen LogP contribution is -2.35. The zero-order chi connectivity index (χ0) is 10.8. The highest BCUT2D eigenvalue weighted by atomic mass is 16.6. The molecule has 2 aliphatic rings. The molecule has 0 N–H and O–H groups in total. The van der Waals surface area contributed by atoms with Crippen LogP contribution in [0.3, 0.4) is 0 Å². The van der Waals surface area contributed by atoms with Crippen molar-refractivity contribution in [3.8, 4) is 0 Å². The molecule has 2 nitrogen and oxygen atoms in total. The third-order valence-electron chi connectivity index (χ3n) is 3.86. The number of hydrogen-bond donors (Lipinski definition) is 0. The van der Waals surface area contributed by atoms with Crippen molar-refractivity contribution in [3.63, 3.8) is 0 Å². The van der Waals surface area contributed by atoms with Gasteiger partial charge in [-0.1, -0.05) is 27.2 Å². The van der Waals surface area contributed by atoms with Crippen molar-refractivity contribution in [2.24, 2.45) is 17.8 Å². The van der Waals surface area contributed by atoms with E-state index in [-0.39, 0.29) is 0 Å². The summed E-state index contributed by atoms with van der Waals surface area (Å²) in [6.07, 6.45) is 4.86. The minimum absolute atomic E-state index is 0.412. The van der Waals surface area contributed by atoms with Crippen molar-refractivity contribution >= 4 is 0 Å². The van der Waals surface area contributed by atoms with Crippen LogP contribution in [0.1, 0.15) is 40.0 Å². The topological polar surface area (TPSA) is 21.8 Å². The van der Waals surface area contributed by atoms with E-state index in [1.807, 2.05) is 0 Å². The lowest BCUT2D eigenvalue weighted by Gasteiger charge is -2.37. The number of hydrogen-bond acceptors (Lipinski definition) is 2. The minimum Gasteiger partial charge on any atom is -0.375 e. The Bertz CT molecular complexity index is 199. The van der Waals surface area contributed by atoms with E-state index in [2.05, 4.69) is 20.8 Å². The molecule has 4 atom stereocenters. The summed E-state index contributed by atoms with van der Waals surface area (Å²) in [7, 11) is 0. The highest BCUT2D eigenvalue weighted by molar-refractivity contribution is 4.82. The zero-order valence-electron chi connectivity index (χ0n) is 10.2. The molecule has 1 aliphatic heterocycles. The van der Waals surface area contributed by atoms with E-state index >= 15 is 0 Å². The summed E-state index contributed by atoms with van der Waals surface area (Å²) in [5.74, 6) is 2.35. The van der Waals surface area contributed by atoms with E-state index in [1.165, 1.54) is 19.3 Å². The van der Waals surface area contributed by atoms with Gasteiger partial charge < -0.3 is 9.47 Å². The van der Waals surface area contributed by atoms with Crippen LogP contribution in [0, 0.1) is 17.8 Å². The minimum atomic E-state index is 0.412. The quantitative estimate of drug-likeness (QED) is 0.668. The molecule has 0 spiro atoms. The first-order chi connectivity index (χ1) is 7.16. The van der Waals surface area contributed by atoms with Crippen molar-refractivity contribution in [1.29, 1.82) is 0 Å². The summed E-state index contributed by atoms with van der Waals surface area (Å²) in [6.45, 7) is 8.73. The highest BCUT2D eigenvalue weighted by Crippen LogP contribution is 2.35. The van der Waals surface area contributed by atoms with Crippen molar-refractivity contribution in [1.82, 2.24) is 0 Å². The fourth-order valence-electron chi connectivity index (χ4n) is 2.70. The molecule has 1 aliphatic carbocycles. The average molecular weight is 212 g/mol. The first-order valence-electron chi connectivity index (χ1n) is 6.40. The van der Waals surface area contributed by atoms with Crippen LogP contribution in [0.5, 0.6) is 0 Å². The molecule has 88 valence electrons. The Kier molecular flexibility index (Phi) is 3.68. The molecule has 1 saturated heterocycles. The molecular formula is C13H24O2. The van der Waals surface area contributed by atoms with Gasteiger partial charge in [0.05, 0.1) is 19.3 Å². The summed E-state index contributed by atoms with van der Waals surface area (Å²) in [5.41, 5.74) is 0. The molecule has 1 unspecified atom stereocenters. The van der Waals surface area contributed by atoms with Gasteiger partial charge in [0.1, 0.15) is 6.10 Å². The Balaban J connectivity index is 1.83. The fourth-order valence-corrected chi connectivity index (χ4v) is 2.70. The van der Waals surface area contributed by atoms with Crippen LogP contribution in [0.4, 0.5) is 0 Å². The molecule has 2 rings (SSSR count). The van der Waals surface area contributed by atoms with Gasteiger partial charge in [0, 0.05) is 0 Å². The van der Waals surface area contributed by atoms with E-state index < -0.39 is 0 Å². The number of epoxide rings is 1. The lowest BCUT2D eigenvalue weighted by molar-refractivity contribution is -0.0430. The summed E-state index contributed by atoms with van der Waals surface area (Å²) in [4.78, 5) is 0. The average Bonchev–Trinajstić information content (AvgIpc) is 2.97. The largest absolute Gasteiger partial charge is 0.375 e. The van der Waals surface area contributed by atoms with Crippen LogP contribution >= 0.6 is 0 Å². The molecule has 0 radical (unpaired) electrons. The Morgan fingerprint density at radius 2 is 2.07 bits per heavy atom. The van der Waals surface area contributed by atoms with Crippen molar-refractivity contribution in [3.05, 3.63) is 0 Å². The maximum Gasteiger partial charge on any atom is 0.104 e. The van der Waals surface area contributed by atoms with Gasteiger partial charge in [-0.2, -0.15) is 0 Å². The smallest absolute Gasteiger partial charge is 0.104 e. The molecule has 1 heterocycles. The van der Waals surface area contributed by atoms with Crippen molar-refractivity contribution in [2.75, 3.05) is 13.2 Å². The van der Waals surface area contributed by atoms with Crippen molar-refractivity contribution < 1.29 is 9.47 Å². The van der Waals surface area contributed by atoms with E-state index in [0.717, 1.165) is 31.0 Å². The molecule has 2 fully saturated rings. The van der Waals surface area contributed by atoms with Crippen LogP contribution in [-0.4, -0.2) is 25.4 Å². The summed E-state index contributed by atoms with van der Waals surface area (Å²) in [6, 6.07) is 0. The van der Waals surface area contributed by atoms with Gasteiger partial charge in [-0.3, -0.25) is 0 Å². The van der Waals surface area contributed by atoms with Gasteiger partial charge in [-0.05, 0) is 30.6 Å². The van der Waals surface area contributed by atoms with E-state index in [1.54, 1.807) is 0 Å². The SMILES string of the molecule is CC(C)[C@@H]1CC[C@@H](C)C[C@@H]1OCC1CO1. The first kappa shape index (κ1) is 11.4. The van der Waals surface area contributed by atoms with Crippen LogP contribution in [0.25, 0.3) is 0 Å². The van der Waals surface area contributed by atoms with Crippen molar-refractivity contribution in [2.45, 2.75) is 52.2 Å². The maximum absolute atomic E-state index is 6.03. The second-order valence-corrected chi connectivity index (χ2v) is 5.65. The van der Waals surface area contributed by atoms with Crippen LogP contribution in [0.15, 0.2) is 0 Å². The molecule has 0 aromatic heterocycles. The Labute approximate surface area is 93.3 Å². The fraction of sp³-hybridized carbons (Fsp3) is 1.00. The standard InChI is InChI=1S/C13H24O2/c1-9(2)12-5-4-10(3)6-13(12)15-8-11-7-14-11/h9-13H,4-8H2,1-3H3/t10-,11?,12+,13+/m1/s1. The Morgan fingerprint density at radius 3 is 2.67 bits per heavy atom. The molecular weight excluding hydrogens is 188 g/mol. The normalized spacial score (nSPS) is 40.8. The molecule has 0 aromatic carbocycles. The lowest BCUT2D eigenvalue weighted by atomic mass is 9.75. The van der Waals surface area contributed by atoms with Crippen LogP contribution < -0.4 is 0 Å². The van der Waals surface area contributed by atoms with Crippen LogP contribution in [-0.2, 0) is 9.47 Å². The maximum atomic E-state index is 6.03. The predicted molar refractivity (Wildman–Crippen MR) is 60.8 cm³/mol. The van der Waals surface area contributed by atoms with Gasteiger partial charge >= 0.3 is 0 Å². The monoisotopic (exact) mass is 212 g/mol. The van der Waals surface area contributed by atoms with Gasteiger partial charge in [-0.15, -0.1) is 0 Å². The first-order valence-corrected chi connectivity index (χ1v) is 6.40.